The highest BCUT2D eigenvalue weighted by Gasteiger charge is 2.36. The Hall–Kier alpha value is -2.05. The van der Waals surface area contributed by atoms with E-state index in [1.165, 1.54) is 13.2 Å². The zero-order valence-electron chi connectivity index (χ0n) is 13.7. The second-order valence-electron chi connectivity index (χ2n) is 6.00. The standard InChI is InChI=1S/C17H20F3N3O/c1-3-11-6-4-5-9-23(11)15-13-8-7-12(24-2)10-14(13)21-16(22-15)17(18,19)20/h7-8,10-11H,3-6,9H2,1-2H3. The van der Waals surface area contributed by atoms with E-state index in [0.717, 1.165) is 25.7 Å². The minimum absolute atomic E-state index is 0.208. The van der Waals surface area contributed by atoms with Gasteiger partial charge in [0.1, 0.15) is 11.6 Å². The summed E-state index contributed by atoms with van der Waals surface area (Å²) in [6.07, 6.45) is -0.677. The number of aromatic nitrogens is 2. The van der Waals surface area contributed by atoms with Gasteiger partial charge >= 0.3 is 6.18 Å². The van der Waals surface area contributed by atoms with Crippen LogP contribution in [0.3, 0.4) is 0 Å². The first kappa shape index (κ1) is 16.8. The fraction of sp³-hybridized carbons (Fsp3) is 0.529. The molecule has 1 saturated heterocycles. The Morgan fingerprint density at radius 3 is 2.71 bits per heavy atom. The summed E-state index contributed by atoms with van der Waals surface area (Å²) in [6.45, 7) is 2.77. The number of piperidine rings is 1. The molecule has 0 N–H and O–H groups in total. The van der Waals surface area contributed by atoms with Crippen molar-refractivity contribution in [3.63, 3.8) is 0 Å². The van der Waals surface area contributed by atoms with E-state index in [9.17, 15) is 13.2 Å². The lowest BCUT2D eigenvalue weighted by Gasteiger charge is -2.37. The van der Waals surface area contributed by atoms with E-state index in [1.807, 2.05) is 4.90 Å². The summed E-state index contributed by atoms with van der Waals surface area (Å²) >= 11 is 0. The molecule has 1 fully saturated rings. The number of alkyl halides is 3. The van der Waals surface area contributed by atoms with Crippen LogP contribution in [-0.2, 0) is 6.18 Å². The van der Waals surface area contributed by atoms with Crippen molar-refractivity contribution >= 4 is 16.7 Å². The molecule has 0 spiro atoms. The molecule has 4 nitrogen and oxygen atoms in total. The molecule has 0 bridgehead atoms. The van der Waals surface area contributed by atoms with Crippen molar-refractivity contribution in [3.05, 3.63) is 24.0 Å². The molecule has 0 radical (unpaired) electrons. The zero-order chi connectivity index (χ0) is 17.3. The first-order chi connectivity index (χ1) is 11.4. The average molecular weight is 339 g/mol. The fourth-order valence-corrected chi connectivity index (χ4v) is 3.27. The average Bonchev–Trinajstić information content (AvgIpc) is 2.59. The van der Waals surface area contributed by atoms with Crippen LogP contribution >= 0.6 is 0 Å². The van der Waals surface area contributed by atoms with Crippen LogP contribution in [0.25, 0.3) is 10.9 Å². The van der Waals surface area contributed by atoms with Gasteiger partial charge in [0.05, 0.1) is 12.6 Å². The topological polar surface area (TPSA) is 38.2 Å². The number of hydrogen-bond acceptors (Lipinski definition) is 4. The van der Waals surface area contributed by atoms with Gasteiger partial charge in [-0.15, -0.1) is 0 Å². The normalized spacial score (nSPS) is 18.9. The SMILES string of the molecule is CCC1CCCCN1c1nc(C(F)(F)F)nc2cc(OC)ccc12. The maximum atomic E-state index is 13.2. The maximum absolute atomic E-state index is 13.2. The van der Waals surface area contributed by atoms with Gasteiger partial charge in [-0.1, -0.05) is 6.92 Å². The van der Waals surface area contributed by atoms with Gasteiger partial charge in [0.2, 0.25) is 5.82 Å². The van der Waals surface area contributed by atoms with Crippen LogP contribution in [-0.4, -0.2) is 29.7 Å². The summed E-state index contributed by atoms with van der Waals surface area (Å²) < 4.78 is 44.9. The zero-order valence-corrected chi connectivity index (χ0v) is 13.7. The second-order valence-corrected chi connectivity index (χ2v) is 6.00. The monoisotopic (exact) mass is 339 g/mol. The first-order valence-electron chi connectivity index (χ1n) is 8.13. The highest BCUT2D eigenvalue weighted by Crippen LogP contribution is 2.35. The third kappa shape index (κ3) is 3.12. The number of rotatable bonds is 3. The highest BCUT2D eigenvalue weighted by atomic mass is 19.4. The number of benzene rings is 1. The predicted molar refractivity (Wildman–Crippen MR) is 86.4 cm³/mol. The Balaban J connectivity index is 2.20. The lowest BCUT2D eigenvalue weighted by Crippen LogP contribution is -2.40. The molecule has 1 aromatic carbocycles. The molecule has 1 aliphatic rings. The molecule has 1 aromatic heterocycles. The van der Waals surface area contributed by atoms with Crippen molar-refractivity contribution in [2.45, 2.75) is 44.8 Å². The fourth-order valence-electron chi connectivity index (χ4n) is 3.27. The number of halogens is 3. The number of methoxy groups -OCH3 is 1. The smallest absolute Gasteiger partial charge is 0.451 e. The van der Waals surface area contributed by atoms with Crippen LogP contribution in [0, 0.1) is 0 Å². The Morgan fingerprint density at radius 2 is 2.04 bits per heavy atom. The predicted octanol–water partition coefficient (Wildman–Crippen LogP) is 4.43. The van der Waals surface area contributed by atoms with Gasteiger partial charge in [0.25, 0.3) is 0 Å². The molecule has 0 aliphatic carbocycles. The summed E-state index contributed by atoms with van der Waals surface area (Å²) in [5.41, 5.74) is 0.257. The summed E-state index contributed by atoms with van der Waals surface area (Å²) in [5.74, 6) is -0.244. The van der Waals surface area contributed by atoms with E-state index in [-0.39, 0.29) is 11.6 Å². The minimum atomic E-state index is -4.58. The molecular weight excluding hydrogens is 319 g/mol. The third-order valence-electron chi connectivity index (χ3n) is 4.51. The molecule has 0 amide bonds. The summed E-state index contributed by atoms with van der Waals surface area (Å²) in [4.78, 5) is 9.63. The van der Waals surface area contributed by atoms with Gasteiger partial charge in [0, 0.05) is 24.0 Å². The molecule has 1 unspecified atom stereocenters. The van der Waals surface area contributed by atoms with E-state index >= 15 is 0 Å². The minimum Gasteiger partial charge on any atom is -0.497 e. The molecule has 0 saturated carbocycles. The Labute approximate surface area is 138 Å². The Kier molecular flexibility index (Phi) is 4.51. The summed E-state index contributed by atoms with van der Waals surface area (Å²) in [7, 11) is 1.48. The van der Waals surface area contributed by atoms with Crippen LogP contribution in [0.4, 0.5) is 19.0 Å². The van der Waals surface area contributed by atoms with Crippen LogP contribution < -0.4 is 9.64 Å². The van der Waals surface area contributed by atoms with Crippen molar-refractivity contribution < 1.29 is 17.9 Å². The molecule has 2 aromatic rings. The number of fused-ring (bicyclic) bond motifs is 1. The largest absolute Gasteiger partial charge is 0.497 e. The second kappa shape index (κ2) is 6.45. The third-order valence-corrected chi connectivity index (χ3v) is 4.51. The van der Waals surface area contributed by atoms with Crippen molar-refractivity contribution in [1.82, 2.24) is 9.97 Å². The maximum Gasteiger partial charge on any atom is 0.451 e. The van der Waals surface area contributed by atoms with Gasteiger partial charge in [0.15, 0.2) is 0 Å². The Bertz CT molecular complexity index is 733. The van der Waals surface area contributed by atoms with Gasteiger partial charge in [-0.05, 0) is 37.8 Å². The Morgan fingerprint density at radius 1 is 1.25 bits per heavy atom. The van der Waals surface area contributed by atoms with Gasteiger partial charge in [-0.25, -0.2) is 9.97 Å². The van der Waals surface area contributed by atoms with Crippen LogP contribution in [0.5, 0.6) is 5.75 Å². The molecule has 1 atom stereocenters. The van der Waals surface area contributed by atoms with Gasteiger partial charge < -0.3 is 9.64 Å². The molecule has 3 rings (SSSR count). The quantitative estimate of drug-likeness (QED) is 0.829. The number of hydrogen-bond donors (Lipinski definition) is 0. The lowest BCUT2D eigenvalue weighted by molar-refractivity contribution is -0.144. The van der Waals surface area contributed by atoms with Crippen molar-refractivity contribution in [2.24, 2.45) is 0 Å². The van der Waals surface area contributed by atoms with Crippen LogP contribution in [0.15, 0.2) is 18.2 Å². The molecule has 130 valence electrons. The number of nitrogens with zero attached hydrogens (tertiary/aromatic N) is 3. The molecule has 24 heavy (non-hydrogen) atoms. The number of anilines is 1. The van der Waals surface area contributed by atoms with E-state index in [2.05, 4.69) is 16.9 Å². The lowest BCUT2D eigenvalue weighted by atomic mass is 9.99. The molecular formula is C17H20F3N3O. The van der Waals surface area contributed by atoms with E-state index in [1.54, 1.807) is 12.1 Å². The van der Waals surface area contributed by atoms with Crippen LogP contribution in [0.1, 0.15) is 38.4 Å². The first-order valence-corrected chi connectivity index (χ1v) is 8.13. The van der Waals surface area contributed by atoms with Crippen molar-refractivity contribution in [3.8, 4) is 5.75 Å². The number of ether oxygens (including phenoxy) is 1. The van der Waals surface area contributed by atoms with E-state index in [0.29, 0.717) is 23.5 Å². The highest BCUT2D eigenvalue weighted by molar-refractivity contribution is 5.90. The molecule has 7 heteroatoms. The summed E-state index contributed by atoms with van der Waals surface area (Å²) in [5, 5.41) is 0.629. The molecule has 1 aliphatic heterocycles. The van der Waals surface area contributed by atoms with Crippen molar-refractivity contribution in [2.75, 3.05) is 18.6 Å². The summed E-state index contributed by atoms with van der Waals surface area (Å²) in [6, 6.07) is 5.21. The van der Waals surface area contributed by atoms with Gasteiger partial charge in [-0.3, -0.25) is 0 Å². The van der Waals surface area contributed by atoms with E-state index < -0.39 is 12.0 Å². The van der Waals surface area contributed by atoms with Crippen LogP contribution in [0.2, 0.25) is 0 Å². The molecule has 2 heterocycles. The van der Waals surface area contributed by atoms with Gasteiger partial charge in [-0.2, -0.15) is 13.2 Å². The van der Waals surface area contributed by atoms with Crippen molar-refractivity contribution in [1.29, 1.82) is 0 Å². The van der Waals surface area contributed by atoms with E-state index in [4.69, 9.17) is 4.74 Å².